The fourth-order valence-electron chi connectivity index (χ4n) is 1.17. The Morgan fingerprint density at radius 3 is 2.19 bits per heavy atom. The van der Waals surface area contributed by atoms with Crippen LogP contribution < -0.4 is 5.32 Å². The van der Waals surface area contributed by atoms with Crippen molar-refractivity contribution in [3.63, 3.8) is 0 Å². The zero-order valence-corrected chi connectivity index (χ0v) is 10.0. The first-order chi connectivity index (χ1) is 7.19. The van der Waals surface area contributed by atoms with Gasteiger partial charge in [-0.2, -0.15) is 0 Å². The van der Waals surface area contributed by atoms with E-state index in [0.29, 0.717) is 12.8 Å². The Bertz CT molecular complexity index is 408. The smallest absolute Gasteiger partial charge is 0.329 e. The standard InChI is InChI=1S/C9H15NO5S/c1-6(2)16(14,15)5-7(11)10-9(3-4-9)8(12)13/h6H,3-5H2,1-2H3,(H,10,11)(H,12,13). The van der Waals surface area contributed by atoms with Crippen molar-refractivity contribution < 1.29 is 23.1 Å². The van der Waals surface area contributed by atoms with E-state index in [0.717, 1.165) is 0 Å². The van der Waals surface area contributed by atoms with Gasteiger partial charge in [-0.05, 0) is 26.7 Å². The van der Waals surface area contributed by atoms with E-state index in [-0.39, 0.29) is 0 Å². The minimum atomic E-state index is -3.47. The molecule has 0 radical (unpaired) electrons. The van der Waals surface area contributed by atoms with Crippen LogP contribution in [0.2, 0.25) is 0 Å². The highest BCUT2D eigenvalue weighted by Crippen LogP contribution is 2.35. The van der Waals surface area contributed by atoms with Crippen molar-refractivity contribution in [2.45, 2.75) is 37.5 Å². The van der Waals surface area contributed by atoms with Crippen molar-refractivity contribution in [2.75, 3.05) is 5.75 Å². The Hall–Kier alpha value is -1.11. The zero-order chi connectivity index (χ0) is 12.6. The third kappa shape index (κ3) is 2.72. The normalized spacial score (nSPS) is 18.2. The molecule has 0 spiro atoms. The molecule has 1 saturated carbocycles. The molecular formula is C9H15NO5S. The zero-order valence-electron chi connectivity index (χ0n) is 9.19. The molecule has 0 aliphatic heterocycles. The number of sulfone groups is 1. The number of rotatable bonds is 5. The number of carbonyl (C=O) groups excluding carboxylic acids is 1. The molecule has 7 heteroatoms. The van der Waals surface area contributed by atoms with E-state index in [9.17, 15) is 18.0 Å². The second-order valence-electron chi connectivity index (χ2n) is 4.29. The van der Waals surface area contributed by atoms with Crippen molar-refractivity contribution in [1.82, 2.24) is 5.32 Å². The van der Waals surface area contributed by atoms with Crippen LogP contribution in [-0.2, 0) is 19.4 Å². The minimum absolute atomic E-state index is 0.357. The molecule has 0 unspecified atom stereocenters. The van der Waals surface area contributed by atoms with Crippen LogP contribution in [0.1, 0.15) is 26.7 Å². The molecule has 0 bridgehead atoms. The highest BCUT2D eigenvalue weighted by Gasteiger charge is 2.51. The Balaban J connectivity index is 2.59. The van der Waals surface area contributed by atoms with Gasteiger partial charge in [-0.3, -0.25) is 4.79 Å². The lowest BCUT2D eigenvalue weighted by molar-refractivity contribution is -0.142. The molecule has 0 aromatic heterocycles. The van der Waals surface area contributed by atoms with Gasteiger partial charge in [0.1, 0.15) is 11.3 Å². The van der Waals surface area contributed by atoms with Crippen LogP contribution in [0.25, 0.3) is 0 Å². The molecule has 16 heavy (non-hydrogen) atoms. The quantitative estimate of drug-likeness (QED) is 0.687. The molecule has 92 valence electrons. The number of carbonyl (C=O) groups is 2. The van der Waals surface area contributed by atoms with Crippen molar-refractivity contribution in [3.8, 4) is 0 Å². The molecule has 1 fully saturated rings. The maximum Gasteiger partial charge on any atom is 0.329 e. The third-order valence-electron chi connectivity index (χ3n) is 2.59. The lowest BCUT2D eigenvalue weighted by Crippen LogP contribution is -2.46. The van der Waals surface area contributed by atoms with Crippen LogP contribution in [-0.4, -0.2) is 41.9 Å². The van der Waals surface area contributed by atoms with Crippen molar-refractivity contribution in [3.05, 3.63) is 0 Å². The van der Waals surface area contributed by atoms with Gasteiger partial charge in [0.15, 0.2) is 9.84 Å². The lowest BCUT2D eigenvalue weighted by Gasteiger charge is -2.13. The van der Waals surface area contributed by atoms with E-state index >= 15 is 0 Å². The SMILES string of the molecule is CC(C)S(=O)(=O)CC(=O)NC1(C(=O)O)CC1. The Labute approximate surface area is 93.9 Å². The molecule has 1 aliphatic carbocycles. The van der Waals surface area contributed by atoms with Crippen molar-refractivity contribution in [2.24, 2.45) is 0 Å². The molecule has 1 rings (SSSR count). The van der Waals surface area contributed by atoms with E-state index in [1.165, 1.54) is 13.8 Å². The highest BCUT2D eigenvalue weighted by atomic mass is 32.2. The molecule has 1 aliphatic rings. The summed E-state index contributed by atoms with van der Waals surface area (Å²) in [6.45, 7) is 2.96. The van der Waals surface area contributed by atoms with Crippen LogP contribution in [0.3, 0.4) is 0 Å². The second kappa shape index (κ2) is 4.04. The van der Waals surface area contributed by atoms with Gasteiger partial charge in [-0.1, -0.05) is 0 Å². The van der Waals surface area contributed by atoms with Crippen molar-refractivity contribution in [1.29, 1.82) is 0 Å². The average molecular weight is 249 g/mol. The van der Waals surface area contributed by atoms with Crippen LogP contribution in [0.5, 0.6) is 0 Å². The molecule has 0 atom stereocenters. The van der Waals surface area contributed by atoms with Gasteiger partial charge in [0.25, 0.3) is 0 Å². The lowest BCUT2D eigenvalue weighted by atomic mass is 10.3. The number of carboxylic acid groups (broad SMARTS) is 1. The minimum Gasteiger partial charge on any atom is -0.480 e. The third-order valence-corrected chi connectivity index (χ3v) is 4.69. The number of amides is 1. The number of hydrogen-bond acceptors (Lipinski definition) is 4. The number of nitrogens with one attached hydrogen (secondary N) is 1. The van der Waals surface area contributed by atoms with Crippen LogP contribution in [0, 0.1) is 0 Å². The summed E-state index contributed by atoms with van der Waals surface area (Å²) in [5.41, 5.74) is -1.22. The molecular weight excluding hydrogens is 234 g/mol. The summed E-state index contributed by atoms with van der Waals surface area (Å²) in [4.78, 5) is 22.1. The molecule has 0 heterocycles. The molecule has 6 nitrogen and oxygen atoms in total. The predicted molar refractivity (Wildman–Crippen MR) is 56.7 cm³/mol. The van der Waals surface area contributed by atoms with E-state index < -0.39 is 38.3 Å². The maximum absolute atomic E-state index is 11.4. The Morgan fingerprint density at radius 2 is 1.88 bits per heavy atom. The first-order valence-electron chi connectivity index (χ1n) is 4.95. The number of hydrogen-bond donors (Lipinski definition) is 2. The monoisotopic (exact) mass is 249 g/mol. The van der Waals surface area contributed by atoms with Gasteiger partial charge >= 0.3 is 5.97 Å². The largest absolute Gasteiger partial charge is 0.480 e. The summed E-state index contributed by atoms with van der Waals surface area (Å²) in [6.07, 6.45) is 0.714. The van der Waals surface area contributed by atoms with E-state index in [4.69, 9.17) is 5.11 Å². The summed E-state index contributed by atoms with van der Waals surface area (Å²) < 4.78 is 22.8. The summed E-state index contributed by atoms with van der Waals surface area (Å²) >= 11 is 0. The topological polar surface area (TPSA) is 101 Å². The fraction of sp³-hybridized carbons (Fsp3) is 0.778. The predicted octanol–water partition coefficient (Wildman–Crippen LogP) is -0.457. The van der Waals surface area contributed by atoms with Gasteiger partial charge in [0.05, 0.1) is 5.25 Å². The average Bonchev–Trinajstić information content (AvgIpc) is 2.83. The van der Waals surface area contributed by atoms with Gasteiger partial charge < -0.3 is 10.4 Å². The number of aliphatic carboxylic acids is 1. The fourth-order valence-corrected chi connectivity index (χ4v) is 1.94. The van der Waals surface area contributed by atoms with Crippen molar-refractivity contribution >= 4 is 21.7 Å². The molecule has 0 aromatic rings. The summed E-state index contributed by atoms with van der Waals surface area (Å²) in [5, 5.41) is 10.4. The van der Waals surface area contributed by atoms with E-state index in [1.807, 2.05) is 0 Å². The number of carboxylic acids is 1. The summed E-state index contributed by atoms with van der Waals surface area (Å²) in [7, 11) is -3.47. The van der Waals surface area contributed by atoms with Gasteiger partial charge in [-0.15, -0.1) is 0 Å². The molecule has 0 aromatic carbocycles. The second-order valence-corrected chi connectivity index (χ2v) is 6.85. The first kappa shape index (κ1) is 13.0. The van der Waals surface area contributed by atoms with Crippen LogP contribution in [0.4, 0.5) is 0 Å². The summed E-state index contributed by atoms with van der Waals surface area (Å²) in [6, 6.07) is 0. The van der Waals surface area contributed by atoms with Gasteiger partial charge in [-0.25, -0.2) is 13.2 Å². The Kier molecular flexibility index (Phi) is 3.27. The molecule has 2 N–H and O–H groups in total. The summed E-state index contributed by atoms with van der Waals surface area (Å²) in [5.74, 6) is -2.50. The maximum atomic E-state index is 11.4. The van der Waals surface area contributed by atoms with Gasteiger partial charge in [0, 0.05) is 0 Å². The van der Waals surface area contributed by atoms with Crippen LogP contribution in [0.15, 0.2) is 0 Å². The Morgan fingerprint density at radius 1 is 1.38 bits per heavy atom. The first-order valence-corrected chi connectivity index (χ1v) is 6.67. The van der Waals surface area contributed by atoms with Crippen LogP contribution >= 0.6 is 0 Å². The van der Waals surface area contributed by atoms with Gasteiger partial charge in [0.2, 0.25) is 5.91 Å². The molecule has 0 saturated heterocycles. The highest BCUT2D eigenvalue weighted by molar-refractivity contribution is 7.92. The molecule has 1 amide bonds. The van der Waals surface area contributed by atoms with E-state index in [1.54, 1.807) is 0 Å². The van der Waals surface area contributed by atoms with E-state index in [2.05, 4.69) is 5.32 Å².